The molecule has 0 spiro atoms. The standard InChI is InChI=1S/C18H19N3.C15H21N3O3.C5H10O.C2H6/c1-4-21-12-18(19-20-21)14(3)17-7-5-6-16(13(17)2)11-10-15-8-9-15;1-15(2)10-19-14(20-11-15)9-17-8-13(18-16)21-12-6-4-3-5-7-12;1-2-4-6-5-3-1;1-2/h5-7,12,15H,3-4,8-9H2,1-2H3;3-8,14H,9-11,16H2,1-2H3;1-5H2;1-2H3/b;17-8?,18-13+;;. The van der Waals surface area contributed by atoms with E-state index >= 15 is 0 Å². The van der Waals surface area contributed by atoms with Crippen LogP contribution in [0.3, 0.4) is 0 Å². The fourth-order valence-corrected chi connectivity index (χ4v) is 4.67. The third kappa shape index (κ3) is 14.3. The molecule has 0 bridgehead atoms. The average molecular weight is 685 g/mol. The molecule has 0 amide bonds. The van der Waals surface area contributed by atoms with E-state index < -0.39 is 0 Å². The normalized spacial score (nSPS) is 17.0. The molecule has 2 N–H and O–H groups in total. The predicted octanol–water partition coefficient (Wildman–Crippen LogP) is 7.45. The maximum atomic E-state index is 5.58. The van der Waals surface area contributed by atoms with Crippen LogP contribution in [0.1, 0.15) is 89.1 Å². The van der Waals surface area contributed by atoms with Crippen LogP contribution in [0.25, 0.3) is 5.57 Å². The lowest BCUT2D eigenvalue weighted by atomic mass is 9.96. The van der Waals surface area contributed by atoms with Crippen molar-refractivity contribution in [2.75, 3.05) is 33.0 Å². The third-order valence-corrected chi connectivity index (χ3v) is 7.77. The van der Waals surface area contributed by atoms with Gasteiger partial charge in [0.05, 0.1) is 32.2 Å². The first kappa shape index (κ1) is 40.1. The van der Waals surface area contributed by atoms with Crippen LogP contribution in [-0.2, 0) is 20.8 Å². The van der Waals surface area contributed by atoms with Crippen molar-refractivity contribution in [1.82, 2.24) is 15.0 Å². The number of aliphatic imine (C=N–C) groups is 1. The topological polar surface area (TPSA) is 118 Å². The Kier molecular flexibility index (Phi) is 17.4. The zero-order valence-electron chi connectivity index (χ0n) is 30.9. The zero-order valence-corrected chi connectivity index (χ0v) is 30.9. The van der Waals surface area contributed by atoms with Gasteiger partial charge in [0.1, 0.15) is 11.4 Å². The molecule has 1 saturated carbocycles. The first-order valence-electron chi connectivity index (χ1n) is 17.8. The second-order valence-electron chi connectivity index (χ2n) is 12.7. The molecule has 6 rings (SSSR count). The van der Waals surface area contributed by atoms with E-state index in [1.54, 1.807) is 0 Å². The molecule has 3 fully saturated rings. The maximum Gasteiger partial charge on any atom is 0.253 e. The molecule has 50 heavy (non-hydrogen) atoms. The number of aromatic nitrogens is 3. The van der Waals surface area contributed by atoms with Gasteiger partial charge in [-0.3, -0.25) is 9.67 Å². The first-order valence-corrected chi connectivity index (χ1v) is 17.8. The van der Waals surface area contributed by atoms with E-state index in [-0.39, 0.29) is 17.6 Å². The summed E-state index contributed by atoms with van der Waals surface area (Å²) in [5.41, 5.74) is 5.14. The van der Waals surface area contributed by atoms with E-state index in [9.17, 15) is 0 Å². The SMILES string of the molecule is C1CCOCC1.C=C(c1cn(CC)nn1)c1cccc(C#CC2CC2)c1C.CC.CC1(C)COC(CN=C/C(=N\N)Oc2ccccc2)OC1. The van der Waals surface area contributed by atoms with Gasteiger partial charge in [0.2, 0.25) is 0 Å². The molecular formula is C40H56N6O4. The van der Waals surface area contributed by atoms with Crippen molar-refractivity contribution in [2.24, 2.45) is 27.3 Å². The van der Waals surface area contributed by atoms with Crippen LogP contribution < -0.4 is 10.6 Å². The number of rotatable bonds is 7. The molecule has 10 heteroatoms. The second kappa shape index (κ2) is 21.7. The molecule has 0 radical (unpaired) electrons. The largest absolute Gasteiger partial charge is 0.436 e. The number of hydrogen-bond donors (Lipinski definition) is 1. The molecule has 3 aliphatic rings. The van der Waals surface area contributed by atoms with E-state index in [2.05, 4.69) is 71.7 Å². The van der Waals surface area contributed by atoms with Gasteiger partial charge in [0, 0.05) is 42.2 Å². The summed E-state index contributed by atoms with van der Waals surface area (Å²) in [4.78, 5) is 4.20. The van der Waals surface area contributed by atoms with Crippen molar-refractivity contribution in [1.29, 1.82) is 0 Å². The summed E-state index contributed by atoms with van der Waals surface area (Å²) in [5.74, 6) is 13.4. The smallest absolute Gasteiger partial charge is 0.253 e. The van der Waals surface area contributed by atoms with Crippen molar-refractivity contribution in [2.45, 2.75) is 86.5 Å². The van der Waals surface area contributed by atoms with Gasteiger partial charge in [-0.25, -0.2) is 0 Å². The van der Waals surface area contributed by atoms with Crippen LogP contribution in [0, 0.1) is 30.1 Å². The van der Waals surface area contributed by atoms with E-state index in [1.807, 2.05) is 68.0 Å². The predicted molar refractivity (Wildman–Crippen MR) is 202 cm³/mol. The number of benzene rings is 2. The van der Waals surface area contributed by atoms with Crippen LogP contribution >= 0.6 is 0 Å². The van der Waals surface area contributed by atoms with Gasteiger partial charge in [-0.2, -0.15) is 0 Å². The minimum absolute atomic E-state index is 0.0561. The first-order chi connectivity index (χ1) is 24.3. The monoisotopic (exact) mass is 684 g/mol. The third-order valence-electron chi connectivity index (χ3n) is 7.77. The van der Waals surface area contributed by atoms with E-state index in [1.165, 1.54) is 43.9 Å². The average Bonchev–Trinajstić information content (AvgIpc) is 3.87. The Labute approximate surface area is 299 Å². The quantitative estimate of drug-likeness (QED) is 0.0903. The number of nitrogens with zero attached hydrogens (tertiary/aromatic N) is 5. The van der Waals surface area contributed by atoms with Crippen molar-refractivity contribution in [3.8, 4) is 17.6 Å². The van der Waals surface area contributed by atoms with Crippen molar-refractivity contribution in [3.05, 3.63) is 83.7 Å². The summed E-state index contributed by atoms with van der Waals surface area (Å²) < 4.78 is 23.5. The summed E-state index contributed by atoms with van der Waals surface area (Å²) in [5, 5.41) is 11.8. The second-order valence-corrected chi connectivity index (χ2v) is 12.7. The molecule has 2 aliphatic heterocycles. The molecule has 2 aromatic carbocycles. The Balaban J connectivity index is 0.000000222. The maximum absolute atomic E-state index is 5.58. The van der Waals surface area contributed by atoms with Crippen LogP contribution in [-0.4, -0.2) is 66.4 Å². The Morgan fingerprint density at radius 3 is 2.32 bits per heavy atom. The Morgan fingerprint density at radius 2 is 1.76 bits per heavy atom. The van der Waals surface area contributed by atoms with Gasteiger partial charge in [-0.05, 0) is 75.3 Å². The van der Waals surface area contributed by atoms with Gasteiger partial charge in [0.15, 0.2) is 6.29 Å². The van der Waals surface area contributed by atoms with Crippen molar-refractivity contribution < 1.29 is 18.9 Å². The van der Waals surface area contributed by atoms with Crippen LogP contribution in [0.2, 0.25) is 0 Å². The molecule has 1 aromatic heterocycles. The van der Waals surface area contributed by atoms with Gasteiger partial charge in [0.25, 0.3) is 5.90 Å². The number of para-hydroxylation sites is 1. The minimum atomic E-state index is -0.329. The Morgan fingerprint density at radius 1 is 1.06 bits per heavy atom. The lowest BCUT2D eigenvalue weighted by molar-refractivity contribution is -0.215. The highest BCUT2D eigenvalue weighted by molar-refractivity contribution is 6.27. The number of hydrazone groups is 1. The summed E-state index contributed by atoms with van der Waals surface area (Å²) in [6.07, 6.45) is 9.51. The highest BCUT2D eigenvalue weighted by Crippen LogP contribution is 2.29. The lowest BCUT2D eigenvalue weighted by Gasteiger charge is -2.33. The molecule has 10 nitrogen and oxygen atoms in total. The molecule has 0 unspecified atom stereocenters. The zero-order chi connectivity index (χ0) is 36.2. The Hall–Kier alpha value is -4.30. The molecular weight excluding hydrogens is 628 g/mol. The molecule has 3 heterocycles. The van der Waals surface area contributed by atoms with Crippen LogP contribution in [0.4, 0.5) is 0 Å². The number of aryl methyl sites for hydroxylation is 1. The van der Waals surface area contributed by atoms with Gasteiger partial charge >= 0.3 is 0 Å². The van der Waals surface area contributed by atoms with Gasteiger partial charge in [-0.1, -0.05) is 81.7 Å². The summed E-state index contributed by atoms with van der Waals surface area (Å²) in [6.45, 7) is 21.0. The minimum Gasteiger partial charge on any atom is -0.436 e. The molecule has 270 valence electrons. The molecule has 1 aliphatic carbocycles. The van der Waals surface area contributed by atoms with Gasteiger partial charge < -0.3 is 24.8 Å². The van der Waals surface area contributed by atoms with Crippen LogP contribution in [0.15, 0.2) is 71.4 Å². The van der Waals surface area contributed by atoms with Gasteiger partial charge in [-0.15, -0.1) is 10.2 Å². The highest BCUT2D eigenvalue weighted by Gasteiger charge is 2.28. The Bertz CT molecular complexity index is 1540. The van der Waals surface area contributed by atoms with E-state index in [0.717, 1.165) is 42.2 Å². The van der Waals surface area contributed by atoms with E-state index in [0.29, 0.717) is 31.4 Å². The summed E-state index contributed by atoms with van der Waals surface area (Å²) in [7, 11) is 0. The molecule has 0 atom stereocenters. The fraction of sp³-hybridized carbons (Fsp3) is 0.500. The number of ether oxygens (including phenoxy) is 4. The fourth-order valence-electron chi connectivity index (χ4n) is 4.67. The van der Waals surface area contributed by atoms with Crippen molar-refractivity contribution in [3.63, 3.8) is 0 Å². The summed E-state index contributed by atoms with van der Waals surface area (Å²) >= 11 is 0. The highest BCUT2D eigenvalue weighted by atomic mass is 16.7. The lowest BCUT2D eigenvalue weighted by Crippen LogP contribution is -2.39. The van der Waals surface area contributed by atoms with Crippen LogP contribution in [0.5, 0.6) is 5.75 Å². The summed E-state index contributed by atoms with van der Waals surface area (Å²) in [6, 6.07) is 15.4. The molecule has 3 aromatic rings. The molecule has 2 saturated heterocycles. The number of nitrogens with two attached hydrogens (primary N) is 1. The van der Waals surface area contributed by atoms with Crippen molar-refractivity contribution >= 4 is 17.7 Å². The number of hydrogen-bond acceptors (Lipinski definition) is 9. The van der Waals surface area contributed by atoms with E-state index in [4.69, 9.17) is 24.8 Å².